The first-order chi connectivity index (χ1) is 15.6. The molecule has 9 heteroatoms. The summed E-state index contributed by atoms with van der Waals surface area (Å²) >= 11 is 0. The lowest BCUT2D eigenvalue weighted by molar-refractivity contribution is 0.115. The summed E-state index contributed by atoms with van der Waals surface area (Å²) in [5, 5.41) is 7.78. The molecular formula is C23H24F2N6O. The number of amides is 2. The van der Waals surface area contributed by atoms with Gasteiger partial charge in [-0.2, -0.15) is 0 Å². The molecule has 2 unspecified atom stereocenters. The van der Waals surface area contributed by atoms with Crippen LogP contribution >= 0.6 is 0 Å². The van der Waals surface area contributed by atoms with Crippen molar-refractivity contribution < 1.29 is 13.6 Å². The third-order valence-electron chi connectivity index (χ3n) is 6.34. The van der Waals surface area contributed by atoms with E-state index in [9.17, 15) is 13.6 Å². The molecule has 2 amide bonds. The van der Waals surface area contributed by atoms with Gasteiger partial charge in [-0.3, -0.25) is 15.3 Å². The number of pyridine rings is 1. The lowest BCUT2D eigenvalue weighted by atomic mass is 9.97. The molecule has 0 spiro atoms. The highest BCUT2D eigenvalue weighted by molar-refractivity contribution is 5.93. The van der Waals surface area contributed by atoms with E-state index in [2.05, 4.69) is 25.6 Å². The second-order valence-corrected chi connectivity index (χ2v) is 8.41. The van der Waals surface area contributed by atoms with Crippen molar-refractivity contribution in [3.8, 4) is 11.3 Å². The van der Waals surface area contributed by atoms with Gasteiger partial charge in [-0.05, 0) is 43.2 Å². The highest BCUT2D eigenvalue weighted by atomic mass is 19.3. The lowest BCUT2D eigenvalue weighted by Gasteiger charge is -2.39. The van der Waals surface area contributed by atoms with Gasteiger partial charge in [-0.1, -0.05) is 12.1 Å². The fourth-order valence-corrected chi connectivity index (χ4v) is 4.92. The third kappa shape index (κ3) is 4.25. The number of urea groups is 1. The summed E-state index contributed by atoms with van der Waals surface area (Å²) in [5.74, 6) is 0.483. The van der Waals surface area contributed by atoms with Crippen LogP contribution in [0.15, 0.2) is 49.1 Å². The van der Waals surface area contributed by atoms with Crippen LogP contribution in [0, 0.1) is 0 Å². The largest absolute Gasteiger partial charge is 0.323 e. The van der Waals surface area contributed by atoms with Crippen molar-refractivity contribution in [2.45, 2.75) is 50.2 Å². The van der Waals surface area contributed by atoms with E-state index >= 15 is 0 Å². The molecule has 4 heterocycles. The van der Waals surface area contributed by atoms with Gasteiger partial charge in [0, 0.05) is 47.7 Å². The molecular weight excluding hydrogens is 414 g/mol. The topological polar surface area (TPSA) is 83.0 Å². The summed E-state index contributed by atoms with van der Waals surface area (Å²) in [6.07, 6.45) is 7.57. The van der Waals surface area contributed by atoms with Gasteiger partial charge >= 0.3 is 6.03 Å². The first-order valence-electron chi connectivity index (χ1n) is 10.8. The Morgan fingerprint density at radius 2 is 1.88 bits per heavy atom. The maximum atomic E-state index is 13.0. The first-order valence-corrected chi connectivity index (χ1v) is 10.8. The van der Waals surface area contributed by atoms with Gasteiger partial charge in [0.25, 0.3) is 6.43 Å². The molecule has 2 aliphatic rings. The van der Waals surface area contributed by atoms with E-state index in [-0.39, 0.29) is 30.7 Å². The van der Waals surface area contributed by atoms with Gasteiger partial charge in [0.2, 0.25) is 0 Å². The first kappa shape index (κ1) is 20.7. The summed E-state index contributed by atoms with van der Waals surface area (Å²) in [4.78, 5) is 27.8. The van der Waals surface area contributed by atoms with E-state index in [1.807, 2.05) is 29.2 Å². The van der Waals surface area contributed by atoms with Crippen LogP contribution in [0.4, 0.5) is 19.4 Å². The number of alkyl halides is 2. The van der Waals surface area contributed by atoms with Crippen LogP contribution in [0.3, 0.4) is 0 Å². The van der Waals surface area contributed by atoms with Crippen molar-refractivity contribution in [1.29, 1.82) is 0 Å². The molecule has 0 saturated carbocycles. The minimum Gasteiger partial charge on any atom is -0.318 e. The molecule has 0 radical (unpaired) electrons. The van der Waals surface area contributed by atoms with Gasteiger partial charge < -0.3 is 10.2 Å². The summed E-state index contributed by atoms with van der Waals surface area (Å²) in [6, 6.07) is 7.77. The highest BCUT2D eigenvalue weighted by Crippen LogP contribution is 2.36. The van der Waals surface area contributed by atoms with E-state index in [1.165, 1.54) is 0 Å². The molecule has 2 bridgehead atoms. The summed E-state index contributed by atoms with van der Waals surface area (Å²) in [7, 11) is 0. The highest BCUT2D eigenvalue weighted by Gasteiger charge is 2.43. The van der Waals surface area contributed by atoms with Crippen LogP contribution in [-0.4, -0.2) is 57.0 Å². The van der Waals surface area contributed by atoms with Gasteiger partial charge in [0.05, 0.1) is 18.4 Å². The van der Waals surface area contributed by atoms with Crippen LogP contribution in [0.5, 0.6) is 0 Å². The summed E-state index contributed by atoms with van der Waals surface area (Å²) in [6.45, 7) is -0.298. The molecule has 166 valence electrons. The Balaban J connectivity index is 1.30. The molecule has 0 aliphatic carbocycles. The Morgan fingerprint density at radius 1 is 1.06 bits per heavy atom. The van der Waals surface area contributed by atoms with Gasteiger partial charge in [-0.15, -0.1) is 0 Å². The number of benzene rings is 1. The van der Waals surface area contributed by atoms with Crippen LogP contribution in [-0.2, 0) is 0 Å². The zero-order chi connectivity index (χ0) is 22.1. The lowest BCUT2D eigenvalue weighted by Crippen LogP contribution is -2.53. The summed E-state index contributed by atoms with van der Waals surface area (Å²) in [5.41, 5.74) is 1.71. The average Bonchev–Trinajstić information content (AvgIpc) is 3.08. The molecule has 3 aromatic rings. The fourth-order valence-electron chi connectivity index (χ4n) is 4.92. The second kappa shape index (κ2) is 8.74. The third-order valence-corrected chi connectivity index (χ3v) is 6.34. The number of fused-ring (bicyclic) bond motifs is 3. The molecule has 7 nitrogen and oxygen atoms in total. The van der Waals surface area contributed by atoms with Crippen LogP contribution in [0.2, 0.25) is 0 Å². The molecule has 5 rings (SSSR count). The number of anilines is 1. The molecule has 2 saturated heterocycles. The predicted octanol–water partition coefficient (Wildman–Crippen LogP) is 4.07. The zero-order valence-electron chi connectivity index (χ0n) is 17.4. The van der Waals surface area contributed by atoms with Crippen molar-refractivity contribution >= 4 is 22.6 Å². The van der Waals surface area contributed by atoms with E-state index < -0.39 is 6.43 Å². The minimum atomic E-state index is -2.36. The Kier molecular flexibility index (Phi) is 5.65. The predicted molar refractivity (Wildman–Crippen MR) is 117 cm³/mol. The van der Waals surface area contributed by atoms with Crippen LogP contribution < -0.4 is 10.6 Å². The van der Waals surface area contributed by atoms with Crippen molar-refractivity contribution in [2.24, 2.45) is 0 Å². The quantitative estimate of drug-likeness (QED) is 0.627. The van der Waals surface area contributed by atoms with E-state index in [1.54, 1.807) is 24.8 Å². The molecule has 32 heavy (non-hydrogen) atoms. The number of halogens is 2. The van der Waals surface area contributed by atoms with Crippen molar-refractivity contribution in [1.82, 2.24) is 25.2 Å². The van der Waals surface area contributed by atoms with Crippen molar-refractivity contribution in [3.05, 3.63) is 49.1 Å². The van der Waals surface area contributed by atoms with Gasteiger partial charge in [0.15, 0.2) is 0 Å². The molecule has 2 aliphatic heterocycles. The maximum Gasteiger partial charge on any atom is 0.323 e. The maximum absolute atomic E-state index is 13.0. The van der Waals surface area contributed by atoms with Crippen molar-refractivity contribution in [2.75, 3.05) is 11.9 Å². The number of carbonyl (C=O) groups excluding carboxylic acids is 1. The van der Waals surface area contributed by atoms with Gasteiger partial charge in [-0.25, -0.2) is 18.6 Å². The average molecular weight is 438 g/mol. The smallest absolute Gasteiger partial charge is 0.318 e. The number of carbonyl (C=O) groups is 1. The second-order valence-electron chi connectivity index (χ2n) is 8.41. The number of rotatable bonds is 5. The molecule has 2 fully saturated rings. The SMILES string of the molecule is O=C(Nc1cc2cc(-c3cnccn3)ccc2cn1)N1C2CC[C@H]1CC(NCC(F)F)C2. The van der Waals surface area contributed by atoms with Crippen LogP contribution in [0.25, 0.3) is 22.0 Å². The zero-order valence-corrected chi connectivity index (χ0v) is 17.4. The fraction of sp³-hybridized carbons (Fsp3) is 0.391. The Bertz CT molecular complexity index is 1100. The number of hydrogen-bond acceptors (Lipinski definition) is 5. The monoisotopic (exact) mass is 438 g/mol. The van der Waals surface area contributed by atoms with E-state index in [0.29, 0.717) is 18.7 Å². The van der Waals surface area contributed by atoms with Crippen molar-refractivity contribution in [3.63, 3.8) is 0 Å². The molecule has 2 aromatic heterocycles. The number of nitrogens with zero attached hydrogens (tertiary/aromatic N) is 4. The van der Waals surface area contributed by atoms with E-state index in [0.717, 1.165) is 34.9 Å². The number of piperidine rings is 1. The standard InChI is InChI=1S/C23H24F2N6O/c24-21(25)13-28-17-9-18-3-4-19(10-17)31(18)23(32)30-22-8-16-7-14(1-2-15(16)11-29-22)20-12-26-5-6-27-20/h1-2,5-8,11-12,17-19,21,28H,3-4,9-10,13H2,(H,29,30,32)/t17?,18-,19?/m0/s1. The number of nitrogens with one attached hydrogen (secondary N) is 2. The normalized spacial score (nSPS) is 22.5. The van der Waals surface area contributed by atoms with E-state index in [4.69, 9.17) is 0 Å². The Labute approximate surface area is 184 Å². The molecule has 2 N–H and O–H groups in total. The molecule has 1 aromatic carbocycles. The summed E-state index contributed by atoms with van der Waals surface area (Å²) < 4.78 is 25.1. The number of aromatic nitrogens is 3. The molecule has 3 atom stereocenters. The van der Waals surface area contributed by atoms with Gasteiger partial charge in [0.1, 0.15) is 5.82 Å². The van der Waals surface area contributed by atoms with Crippen LogP contribution in [0.1, 0.15) is 25.7 Å². The minimum absolute atomic E-state index is 0.0313. The Hall–Kier alpha value is -3.20. The number of hydrogen-bond donors (Lipinski definition) is 2. The Morgan fingerprint density at radius 3 is 2.59 bits per heavy atom.